The quantitative estimate of drug-likeness (QED) is 0.826. The third kappa shape index (κ3) is 3.22. The second-order valence-electron chi connectivity index (χ2n) is 3.98. The second kappa shape index (κ2) is 6.40. The fraction of sp³-hybridized carbons (Fsp3) is 0.0625. The van der Waals surface area contributed by atoms with Crippen LogP contribution in [0.15, 0.2) is 73.3 Å². The summed E-state index contributed by atoms with van der Waals surface area (Å²) in [6.07, 6.45) is 1.66. The smallest absolute Gasteiger partial charge is 0.326 e. The third-order valence-electron chi connectivity index (χ3n) is 2.63. The van der Waals surface area contributed by atoms with Crippen LogP contribution >= 0.6 is 0 Å². The number of nitrogens with zero attached hydrogens (tertiary/aromatic N) is 1. The lowest BCUT2D eigenvalue weighted by molar-refractivity contribution is 0.249. The van der Waals surface area contributed by atoms with Crippen LogP contribution in [0.4, 0.5) is 16.2 Å². The van der Waals surface area contributed by atoms with E-state index in [1.807, 2.05) is 60.7 Å². The summed E-state index contributed by atoms with van der Waals surface area (Å²) in [7, 11) is 0. The Hall–Kier alpha value is -2.55. The van der Waals surface area contributed by atoms with Gasteiger partial charge in [-0.15, -0.1) is 6.58 Å². The topological polar surface area (TPSA) is 32.3 Å². The van der Waals surface area contributed by atoms with E-state index in [1.165, 1.54) is 0 Å². The molecule has 3 heteroatoms. The number of benzene rings is 2. The second-order valence-corrected chi connectivity index (χ2v) is 3.98. The van der Waals surface area contributed by atoms with Crippen LogP contribution in [0.2, 0.25) is 0 Å². The predicted octanol–water partition coefficient (Wildman–Crippen LogP) is 3.72. The van der Waals surface area contributed by atoms with Crippen molar-refractivity contribution in [3.05, 3.63) is 73.3 Å². The standard InChI is InChI=1S/C16H16N2O/c1-2-13-17-16(19)18(14-9-5-3-6-10-14)15-11-7-4-8-12-15/h2-12H,1,13H2,(H,17,19). The van der Waals surface area contributed by atoms with E-state index in [9.17, 15) is 4.79 Å². The number of anilines is 2. The van der Waals surface area contributed by atoms with Crippen LogP contribution in [0.3, 0.4) is 0 Å². The van der Waals surface area contributed by atoms with Crippen LogP contribution in [0.5, 0.6) is 0 Å². The lowest BCUT2D eigenvalue weighted by Gasteiger charge is -2.23. The molecule has 0 aliphatic heterocycles. The van der Waals surface area contributed by atoms with E-state index in [2.05, 4.69) is 11.9 Å². The molecule has 2 aromatic carbocycles. The Morgan fingerprint density at radius 3 is 1.89 bits per heavy atom. The third-order valence-corrected chi connectivity index (χ3v) is 2.63. The summed E-state index contributed by atoms with van der Waals surface area (Å²) in [6, 6.07) is 18.9. The van der Waals surface area contributed by atoms with Gasteiger partial charge in [-0.1, -0.05) is 42.5 Å². The number of urea groups is 1. The zero-order valence-corrected chi connectivity index (χ0v) is 10.6. The lowest BCUT2D eigenvalue weighted by Crippen LogP contribution is -2.36. The highest BCUT2D eigenvalue weighted by Crippen LogP contribution is 2.24. The Labute approximate surface area is 113 Å². The molecule has 0 radical (unpaired) electrons. The van der Waals surface area contributed by atoms with Crippen LogP contribution in [0.1, 0.15) is 0 Å². The SMILES string of the molecule is C=CCNC(=O)N(c1ccccc1)c1ccccc1. The van der Waals surface area contributed by atoms with Crippen molar-refractivity contribution >= 4 is 17.4 Å². The van der Waals surface area contributed by atoms with Gasteiger partial charge in [-0.3, -0.25) is 4.90 Å². The molecule has 0 fully saturated rings. The van der Waals surface area contributed by atoms with E-state index in [1.54, 1.807) is 11.0 Å². The van der Waals surface area contributed by atoms with Gasteiger partial charge < -0.3 is 5.32 Å². The molecule has 1 N–H and O–H groups in total. The van der Waals surface area contributed by atoms with Gasteiger partial charge in [-0.05, 0) is 24.3 Å². The molecule has 0 saturated heterocycles. The molecule has 19 heavy (non-hydrogen) atoms. The van der Waals surface area contributed by atoms with Gasteiger partial charge in [0.1, 0.15) is 0 Å². The summed E-state index contributed by atoms with van der Waals surface area (Å²) in [5, 5.41) is 2.80. The first-order chi connectivity index (χ1) is 9.33. The van der Waals surface area contributed by atoms with Gasteiger partial charge in [-0.25, -0.2) is 4.79 Å². The number of amides is 2. The molecule has 3 nitrogen and oxygen atoms in total. The lowest BCUT2D eigenvalue weighted by atomic mass is 10.2. The average Bonchev–Trinajstić information content (AvgIpc) is 2.47. The zero-order chi connectivity index (χ0) is 13.5. The maximum Gasteiger partial charge on any atom is 0.326 e. The van der Waals surface area contributed by atoms with Crippen molar-refractivity contribution in [2.24, 2.45) is 0 Å². The molecular weight excluding hydrogens is 236 g/mol. The van der Waals surface area contributed by atoms with Crippen molar-refractivity contribution in [2.75, 3.05) is 11.4 Å². The predicted molar refractivity (Wildman–Crippen MR) is 78.6 cm³/mol. The summed E-state index contributed by atoms with van der Waals surface area (Å²) < 4.78 is 0. The first-order valence-electron chi connectivity index (χ1n) is 6.12. The molecule has 0 bridgehead atoms. The largest absolute Gasteiger partial charge is 0.334 e. The van der Waals surface area contributed by atoms with Crippen LogP contribution in [0.25, 0.3) is 0 Å². The number of para-hydroxylation sites is 2. The van der Waals surface area contributed by atoms with E-state index in [0.29, 0.717) is 6.54 Å². The molecule has 96 valence electrons. The van der Waals surface area contributed by atoms with Crippen molar-refractivity contribution < 1.29 is 4.79 Å². The first-order valence-corrected chi connectivity index (χ1v) is 6.12. The molecule has 0 spiro atoms. The fourth-order valence-electron chi connectivity index (χ4n) is 1.78. The first kappa shape index (κ1) is 12.9. The summed E-state index contributed by atoms with van der Waals surface area (Å²) >= 11 is 0. The van der Waals surface area contributed by atoms with E-state index in [-0.39, 0.29) is 6.03 Å². The van der Waals surface area contributed by atoms with Crippen molar-refractivity contribution in [1.82, 2.24) is 5.32 Å². The van der Waals surface area contributed by atoms with E-state index in [0.717, 1.165) is 11.4 Å². The minimum atomic E-state index is -0.169. The Kier molecular flexibility index (Phi) is 4.34. The van der Waals surface area contributed by atoms with Gasteiger partial charge in [0.05, 0.1) is 11.4 Å². The minimum absolute atomic E-state index is 0.169. The van der Waals surface area contributed by atoms with Crippen LogP contribution in [-0.2, 0) is 0 Å². The van der Waals surface area contributed by atoms with Crippen LogP contribution in [-0.4, -0.2) is 12.6 Å². The Morgan fingerprint density at radius 2 is 1.47 bits per heavy atom. The monoisotopic (exact) mass is 252 g/mol. The highest BCUT2D eigenvalue weighted by atomic mass is 16.2. The van der Waals surface area contributed by atoms with E-state index >= 15 is 0 Å². The number of rotatable bonds is 4. The van der Waals surface area contributed by atoms with Gasteiger partial charge in [-0.2, -0.15) is 0 Å². The zero-order valence-electron chi connectivity index (χ0n) is 10.6. The van der Waals surface area contributed by atoms with Gasteiger partial charge in [0.25, 0.3) is 0 Å². The summed E-state index contributed by atoms with van der Waals surface area (Å²) in [5.74, 6) is 0. The number of hydrogen-bond acceptors (Lipinski definition) is 1. The number of carbonyl (C=O) groups is 1. The maximum atomic E-state index is 12.3. The number of carbonyl (C=O) groups excluding carboxylic acids is 1. The fourth-order valence-corrected chi connectivity index (χ4v) is 1.78. The summed E-state index contributed by atoms with van der Waals surface area (Å²) in [5.41, 5.74) is 1.66. The average molecular weight is 252 g/mol. The molecule has 2 rings (SSSR count). The Balaban J connectivity index is 2.34. The molecule has 0 atom stereocenters. The molecular formula is C16H16N2O. The number of nitrogens with one attached hydrogen (secondary N) is 1. The van der Waals surface area contributed by atoms with Crippen molar-refractivity contribution in [3.8, 4) is 0 Å². The Morgan fingerprint density at radius 1 is 1.00 bits per heavy atom. The molecule has 0 unspecified atom stereocenters. The normalized spacial score (nSPS) is 9.68. The Bertz CT molecular complexity index is 498. The van der Waals surface area contributed by atoms with Gasteiger partial charge in [0, 0.05) is 6.54 Å². The summed E-state index contributed by atoms with van der Waals surface area (Å²) in [4.78, 5) is 13.9. The summed E-state index contributed by atoms with van der Waals surface area (Å²) in [6.45, 7) is 4.04. The molecule has 2 amide bonds. The highest BCUT2D eigenvalue weighted by molar-refractivity contribution is 5.99. The van der Waals surface area contributed by atoms with E-state index < -0.39 is 0 Å². The molecule has 0 saturated carbocycles. The van der Waals surface area contributed by atoms with E-state index in [4.69, 9.17) is 0 Å². The maximum absolute atomic E-state index is 12.3. The van der Waals surface area contributed by atoms with Gasteiger partial charge in [0.2, 0.25) is 0 Å². The van der Waals surface area contributed by atoms with Gasteiger partial charge in [0.15, 0.2) is 0 Å². The molecule has 0 heterocycles. The highest BCUT2D eigenvalue weighted by Gasteiger charge is 2.16. The van der Waals surface area contributed by atoms with Crippen LogP contribution < -0.4 is 10.2 Å². The van der Waals surface area contributed by atoms with Gasteiger partial charge >= 0.3 is 6.03 Å². The molecule has 2 aromatic rings. The molecule has 0 aliphatic rings. The molecule has 0 aliphatic carbocycles. The van der Waals surface area contributed by atoms with Crippen LogP contribution in [0, 0.1) is 0 Å². The van der Waals surface area contributed by atoms with Crippen molar-refractivity contribution in [3.63, 3.8) is 0 Å². The molecule has 0 aromatic heterocycles. The minimum Gasteiger partial charge on any atom is -0.334 e. The van der Waals surface area contributed by atoms with Crippen molar-refractivity contribution in [2.45, 2.75) is 0 Å². The van der Waals surface area contributed by atoms with Crippen molar-refractivity contribution in [1.29, 1.82) is 0 Å². The number of hydrogen-bond donors (Lipinski definition) is 1.